The van der Waals surface area contributed by atoms with Crippen molar-refractivity contribution in [3.05, 3.63) is 23.0 Å². The van der Waals surface area contributed by atoms with Gasteiger partial charge in [0.15, 0.2) is 0 Å². The molecular formula is C10H11NO2. The summed E-state index contributed by atoms with van der Waals surface area (Å²) in [7, 11) is 0. The Morgan fingerprint density at radius 1 is 1.38 bits per heavy atom. The first-order chi connectivity index (χ1) is 6.24. The van der Waals surface area contributed by atoms with Gasteiger partial charge in [0.05, 0.1) is 12.1 Å². The Kier molecular flexibility index (Phi) is 2.86. The van der Waals surface area contributed by atoms with Crippen molar-refractivity contribution in [2.24, 2.45) is 0 Å². The highest BCUT2D eigenvalue weighted by Gasteiger charge is 2.26. The van der Waals surface area contributed by atoms with Crippen LogP contribution in [0.3, 0.4) is 0 Å². The third-order valence-corrected chi connectivity index (χ3v) is 2.01. The van der Waals surface area contributed by atoms with E-state index in [9.17, 15) is 4.79 Å². The number of cyclic esters (lactones) is 1. The largest absolute Gasteiger partial charge is 0.422 e. The summed E-state index contributed by atoms with van der Waals surface area (Å²) in [6.07, 6.45) is 2.66. The summed E-state index contributed by atoms with van der Waals surface area (Å²) >= 11 is 0. The molecule has 0 aromatic heterocycles. The van der Waals surface area contributed by atoms with Gasteiger partial charge in [-0.3, -0.25) is 0 Å². The Hall–Kier alpha value is -1.56. The van der Waals surface area contributed by atoms with Crippen LogP contribution in [0.2, 0.25) is 0 Å². The summed E-state index contributed by atoms with van der Waals surface area (Å²) < 4.78 is 4.93. The molecule has 3 nitrogen and oxygen atoms in total. The molecule has 0 N–H and O–H groups in total. The smallest absolute Gasteiger partial charge is 0.339 e. The summed E-state index contributed by atoms with van der Waals surface area (Å²) in [4.78, 5) is 11.2. The average Bonchev–Trinajstić information content (AvgIpc) is 2.41. The highest BCUT2D eigenvalue weighted by atomic mass is 16.5. The molecule has 0 atom stereocenters. The van der Waals surface area contributed by atoms with Crippen molar-refractivity contribution < 1.29 is 9.53 Å². The second-order valence-corrected chi connectivity index (χ2v) is 2.69. The van der Waals surface area contributed by atoms with Gasteiger partial charge in [0.1, 0.15) is 5.76 Å². The average molecular weight is 177 g/mol. The van der Waals surface area contributed by atoms with E-state index in [1.165, 1.54) is 6.08 Å². The van der Waals surface area contributed by atoms with Crippen LogP contribution in [0.5, 0.6) is 0 Å². The predicted octanol–water partition coefficient (Wildman–Crippen LogP) is 2.07. The standard InChI is InChI=1S/C10H11NO2/c1-3-7-8(4-2)10(12)13-9(7)5-6-11/h5H,3-4H2,1-2H3/b9-5-. The summed E-state index contributed by atoms with van der Waals surface area (Å²) in [5.41, 5.74) is 1.57. The van der Waals surface area contributed by atoms with Crippen LogP contribution in [0.4, 0.5) is 0 Å². The van der Waals surface area contributed by atoms with E-state index in [0.29, 0.717) is 17.8 Å². The van der Waals surface area contributed by atoms with E-state index in [0.717, 1.165) is 12.0 Å². The lowest BCUT2D eigenvalue weighted by Crippen LogP contribution is -1.97. The minimum Gasteiger partial charge on any atom is -0.422 e. The summed E-state index contributed by atoms with van der Waals surface area (Å²) in [5, 5.41) is 8.44. The molecule has 0 radical (unpaired) electrons. The van der Waals surface area contributed by atoms with Crippen molar-refractivity contribution in [1.82, 2.24) is 0 Å². The fraction of sp³-hybridized carbons (Fsp3) is 0.400. The van der Waals surface area contributed by atoms with E-state index in [-0.39, 0.29) is 5.97 Å². The summed E-state index contributed by atoms with van der Waals surface area (Å²) in [6.45, 7) is 3.85. The van der Waals surface area contributed by atoms with Crippen LogP contribution in [0.15, 0.2) is 23.0 Å². The van der Waals surface area contributed by atoms with Gasteiger partial charge in [-0.15, -0.1) is 0 Å². The molecule has 0 amide bonds. The van der Waals surface area contributed by atoms with Gasteiger partial charge >= 0.3 is 5.97 Å². The second kappa shape index (κ2) is 3.90. The maximum Gasteiger partial charge on any atom is 0.339 e. The lowest BCUT2D eigenvalue weighted by molar-refractivity contribution is -0.133. The molecule has 0 aromatic carbocycles. The number of rotatable bonds is 2. The van der Waals surface area contributed by atoms with Crippen molar-refractivity contribution in [3.63, 3.8) is 0 Å². The number of allylic oxidation sites excluding steroid dienone is 2. The Balaban J connectivity index is 3.12. The zero-order valence-corrected chi connectivity index (χ0v) is 7.76. The van der Waals surface area contributed by atoms with Crippen molar-refractivity contribution >= 4 is 5.97 Å². The van der Waals surface area contributed by atoms with Crippen LogP contribution < -0.4 is 0 Å². The second-order valence-electron chi connectivity index (χ2n) is 2.69. The first-order valence-electron chi connectivity index (χ1n) is 4.28. The molecule has 3 heteroatoms. The van der Waals surface area contributed by atoms with Gasteiger partial charge in [-0.1, -0.05) is 13.8 Å². The van der Waals surface area contributed by atoms with E-state index < -0.39 is 0 Å². The molecule has 0 spiro atoms. The first kappa shape index (κ1) is 9.53. The molecule has 0 saturated heterocycles. The van der Waals surface area contributed by atoms with E-state index >= 15 is 0 Å². The Bertz CT molecular complexity index is 331. The molecule has 68 valence electrons. The number of hydrogen-bond acceptors (Lipinski definition) is 3. The number of nitrogens with zero attached hydrogens (tertiary/aromatic N) is 1. The van der Waals surface area contributed by atoms with Crippen LogP contribution in [-0.2, 0) is 9.53 Å². The molecule has 0 saturated carbocycles. The van der Waals surface area contributed by atoms with Crippen LogP contribution in [0, 0.1) is 11.3 Å². The van der Waals surface area contributed by atoms with Crippen molar-refractivity contribution in [2.45, 2.75) is 26.7 Å². The van der Waals surface area contributed by atoms with E-state index in [1.807, 2.05) is 19.9 Å². The summed E-state index contributed by atoms with van der Waals surface area (Å²) in [5.74, 6) is 0.118. The van der Waals surface area contributed by atoms with Crippen LogP contribution >= 0.6 is 0 Å². The van der Waals surface area contributed by atoms with Crippen molar-refractivity contribution in [1.29, 1.82) is 5.26 Å². The fourth-order valence-electron chi connectivity index (χ4n) is 1.42. The maximum atomic E-state index is 11.2. The first-order valence-corrected chi connectivity index (χ1v) is 4.28. The van der Waals surface area contributed by atoms with Gasteiger partial charge in [0.2, 0.25) is 0 Å². The molecular weight excluding hydrogens is 166 g/mol. The topological polar surface area (TPSA) is 50.1 Å². The SMILES string of the molecule is CCC1=C(CC)/C(=C/C#N)OC1=O. The van der Waals surface area contributed by atoms with Gasteiger partial charge in [0.25, 0.3) is 0 Å². The highest BCUT2D eigenvalue weighted by molar-refractivity contribution is 5.94. The number of carbonyl (C=O) groups is 1. The normalized spacial score (nSPS) is 19.2. The summed E-state index contributed by atoms with van der Waals surface area (Å²) in [6, 6.07) is 1.87. The molecule has 13 heavy (non-hydrogen) atoms. The van der Waals surface area contributed by atoms with Crippen LogP contribution in [-0.4, -0.2) is 5.97 Å². The Morgan fingerprint density at radius 3 is 2.46 bits per heavy atom. The molecule has 0 fully saturated rings. The maximum absolute atomic E-state index is 11.2. The van der Waals surface area contributed by atoms with Crippen LogP contribution in [0.1, 0.15) is 26.7 Å². The molecule has 0 aliphatic carbocycles. The minimum absolute atomic E-state index is 0.305. The van der Waals surface area contributed by atoms with Gasteiger partial charge in [0, 0.05) is 11.1 Å². The molecule has 1 heterocycles. The number of nitriles is 1. The molecule has 0 bridgehead atoms. The van der Waals surface area contributed by atoms with E-state index in [4.69, 9.17) is 10.00 Å². The third kappa shape index (κ3) is 1.62. The van der Waals surface area contributed by atoms with Crippen LogP contribution in [0.25, 0.3) is 0 Å². The fourth-order valence-corrected chi connectivity index (χ4v) is 1.42. The van der Waals surface area contributed by atoms with E-state index in [2.05, 4.69) is 0 Å². The van der Waals surface area contributed by atoms with Gasteiger partial charge in [-0.25, -0.2) is 4.79 Å². The lowest BCUT2D eigenvalue weighted by atomic mass is 10.0. The number of carbonyl (C=O) groups excluding carboxylic acids is 1. The quantitative estimate of drug-likeness (QED) is 0.479. The molecule has 0 aromatic rings. The number of ether oxygens (including phenoxy) is 1. The van der Waals surface area contributed by atoms with Crippen molar-refractivity contribution in [3.8, 4) is 6.07 Å². The molecule has 1 rings (SSSR count). The predicted molar refractivity (Wildman–Crippen MR) is 47.4 cm³/mol. The highest BCUT2D eigenvalue weighted by Crippen LogP contribution is 2.29. The molecule has 1 aliphatic rings. The lowest BCUT2D eigenvalue weighted by Gasteiger charge is -1.97. The zero-order chi connectivity index (χ0) is 9.84. The molecule has 0 unspecified atom stereocenters. The van der Waals surface area contributed by atoms with E-state index in [1.54, 1.807) is 0 Å². The zero-order valence-electron chi connectivity index (χ0n) is 7.76. The van der Waals surface area contributed by atoms with Gasteiger partial charge in [-0.05, 0) is 12.8 Å². The Morgan fingerprint density at radius 2 is 2.00 bits per heavy atom. The minimum atomic E-state index is -0.305. The third-order valence-electron chi connectivity index (χ3n) is 2.01. The monoisotopic (exact) mass is 177 g/mol. The molecule has 1 aliphatic heterocycles. The Labute approximate surface area is 77.3 Å². The number of hydrogen-bond donors (Lipinski definition) is 0. The van der Waals surface area contributed by atoms with Gasteiger partial charge < -0.3 is 4.74 Å². The van der Waals surface area contributed by atoms with Crippen molar-refractivity contribution in [2.75, 3.05) is 0 Å². The van der Waals surface area contributed by atoms with Gasteiger partial charge in [-0.2, -0.15) is 5.26 Å². The number of esters is 1.